The second kappa shape index (κ2) is 5.08. The second-order valence-electron chi connectivity index (χ2n) is 8.75. The second-order valence-corrected chi connectivity index (χ2v) is 9.73. The lowest BCUT2D eigenvalue weighted by Gasteiger charge is -2.64. The molecule has 2 heterocycles. The van der Waals surface area contributed by atoms with Crippen LogP contribution in [0.3, 0.4) is 0 Å². The van der Waals surface area contributed by atoms with Crippen molar-refractivity contribution in [3.8, 4) is 0 Å². The van der Waals surface area contributed by atoms with Crippen LogP contribution in [-0.2, 0) is 0 Å². The molecule has 0 spiro atoms. The Morgan fingerprint density at radius 2 is 1.86 bits per heavy atom. The lowest BCUT2D eigenvalue weighted by molar-refractivity contribution is -0.112. The first kappa shape index (κ1) is 14.0. The van der Waals surface area contributed by atoms with Crippen LogP contribution in [0.1, 0.15) is 62.7 Å². The number of likely N-dealkylation sites (tertiary alicyclic amines) is 1. The molecule has 1 nitrogen and oxygen atoms in total. The molecule has 1 aromatic rings. The molecular formula is C20H29NS. The normalized spacial score (nSPS) is 45.5. The van der Waals surface area contributed by atoms with Crippen molar-refractivity contribution in [2.75, 3.05) is 13.1 Å². The number of nitrogens with zero attached hydrogens (tertiary/aromatic N) is 1. The Hall–Kier alpha value is -0.340. The Kier molecular flexibility index (Phi) is 3.24. The minimum atomic E-state index is 0.601. The fourth-order valence-electron chi connectivity index (χ4n) is 7.18. The van der Waals surface area contributed by atoms with Gasteiger partial charge in [0.2, 0.25) is 0 Å². The van der Waals surface area contributed by atoms with E-state index in [9.17, 15) is 0 Å². The minimum absolute atomic E-state index is 0.601. The first-order valence-corrected chi connectivity index (χ1v) is 10.4. The molecule has 1 aliphatic heterocycles. The van der Waals surface area contributed by atoms with Crippen molar-refractivity contribution in [3.05, 3.63) is 22.4 Å². The van der Waals surface area contributed by atoms with Crippen LogP contribution >= 0.6 is 11.3 Å². The molecule has 6 rings (SSSR count). The van der Waals surface area contributed by atoms with Gasteiger partial charge < -0.3 is 4.90 Å². The SMILES string of the molecule is CC(N1CCCC1)C12CC3CC(CC(C3)C1c1cccs1)C2. The van der Waals surface area contributed by atoms with Gasteiger partial charge in [0.1, 0.15) is 0 Å². The van der Waals surface area contributed by atoms with Gasteiger partial charge in [-0.05, 0) is 99.6 Å². The number of hydrogen-bond donors (Lipinski definition) is 0. The van der Waals surface area contributed by atoms with Crippen LogP contribution in [0.4, 0.5) is 0 Å². The summed E-state index contributed by atoms with van der Waals surface area (Å²) < 4.78 is 0. The van der Waals surface area contributed by atoms with Gasteiger partial charge in [-0.25, -0.2) is 0 Å². The van der Waals surface area contributed by atoms with E-state index in [1.54, 1.807) is 11.3 Å². The highest BCUT2D eigenvalue weighted by Crippen LogP contribution is 2.68. The molecule has 5 fully saturated rings. The predicted molar refractivity (Wildman–Crippen MR) is 93.3 cm³/mol. The quantitative estimate of drug-likeness (QED) is 0.746. The average Bonchev–Trinajstić information content (AvgIpc) is 3.19. The fourth-order valence-corrected chi connectivity index (χ4v) is 8.23. The van der Waals surface area contributed by atoms with Gasteiger partial charge in [-0.1, -0.05) is 6.07 Å². The van der Waals surface area contributed by atoms with Gasteiger partial charge in [0.15, 0.2) is 0 Å². The molecule has 4 atom stereocenters. The first-order valence-electron chi connectivity index (χ1n) is 9.54. The zero-order chi connectivity index (χ0) is 14.7. The highest BCUT2D eigenvalue weighted by atomic mass is 32.1. The fraction of sp³-hybridized carbons (Fsp3) is 0.800. The van der Waals surface area contributed by atoms with Crippen molar-refractivity contribution in [2.24, 2.45) is 23.2 Å². The van der Waals surface area contributed by atoms with Crippen LogP contribution in [-0.4, -0.2) is 24.0 Å². The summed E-state index contributed by atoms with van der Waals surface area (Å²) >= 11 is 2.04. The van der Waals surface area contributed by atoms with E-state index in [4.69, 9.17) is 0 Å². The van der Waals surface area contributed by atoms with E-state index in [2.05, 4.69) is 29.3 Å². The third kappa shape index (κ3) is 1.92. The summed E-state index contributed by atoms with van der Waals surface area (Å²) in [5.74, 6) is 3.98. The Morgan fingerprint density at radius 1 is 1.14 bits per heavy atom. The van der Waals surface area contributed by atoms with Crippen molar-refractivity contribution in [1.29, 1.82) is 0 Å². The maximum absolute atomic E-state index is 2.85. The molecule has 22 heavy (non-hydrogen) atoms. The van der Waals surface area contributed by atoms with Gasteiger partial charge in [-0.2, -0.15) is 0 Å². The number of rotatable bonds is 3. The molecule has 1 saturated heterocycles. The molecule has 120 valence electrons. The largest absolute Gasteiger partial charge is 0.300 e. The molecule has 0 radical (unpaired) electrons. The van der Waals surface area contributed by atoms with Crippen molar-refractivity contribution in [2.45, 2.75) is 63.8 Å². The summed E-state index contributed by atoms with van der Waals surface area (Å²) in [5.41, 5.74) is 0.601. The van der Waals surface area contributed by atoms with Gasteiger partial charge in [0, 0.05) is 16.8 Å². The Bertz CT molecular complexity index is 516. The topological polar surface area (TPSA) is 3.24 Å². The van der Waals surface area contributed by atoms with Crippen molar-refractivity contribution < 1.29 is 0 Å². The molecule has 5 aliphatic rings. The predicted octanol–water partition coefficient (Wildman–Crippen LogP) is 5.14. The van der Waals surface area contributed by atoms with Crippen molar-refractivity contribution in [1.82, 2.24) is 4.90 Å². The van der Waals surface area contributed by atoms with Gasteiger partial charge in [0.25, 0.3) is 0 Å². The average molecular weight is 316 g/mol. The van der Waals surface area contributed by atoms with E-state index in [1.165, 1.54) is 51.6 Å². The van der Waals surface area contributed by atoms with E-state index in [-0.39, 0.29) is 0 Å². The third-order valence-electron chi connectivity index (χ3n) is 7.74. The maximum atomic E-state index is 2.85. The van der Waals surface area contributed by atoms with E-state index >= 15 is 0 Å². The Balaban J connectivity index is 1.56. The smallest absolute Gasteiger partial charge is 0.0130 e. The zero-order valence-corrected chi connectivity index (χ0v) is 14.7. The van der Waals surface area contributed by atoms with Crippen LogP contribution in [0.15, 0.2) is 17.5 Å². The van der Waals surface area contributed by atoms with Crippen LogP contribution in [0, 0.1) is 23.2 Å². The molecule has 4 aliphatic carbocycles. The highest BCUT2D eigenvalue weighted by Gasteiger charge is 2.60. The third-order valence-corrected chi connectivity index (χ3v) is 8.69. The summed E-state index contributed by atoms with van der Waals surface area (Å²) in [5, 5.41) is 2.31. The Labute approximate surface area is 139 Å². The molecule has 0 N–H and O–H groups in total. The number of hydrogen-bond acceptors (Lipinski definition) is 2. The van der Waals surface area contributed by atoms with Crippen molar-refractivity contribution in [3.63, 3.8) is 0 Å². The van der Waals surface area contributed by atoms with E-state index in [0.717, 1.165) is 29.7 Å². The molecule has 0 amide bonds. The monoisotopic (exact) mass is 315 g/mol. The van der Waals surface area contributed by atoms with Gasteiger partial charge >= 0.3 is 0 Å². The maximum Gasteiger partial charge on any atom is 0.0130 e. The van der Waals surface area contributed by atoms with Crippen LogP contribution < -0.4 is 0 Å². The lowest BCUT2D eigenvalue weighted by atomic mass is 9.43. The van der Waals surface area contributed by atoms with E-state index in [0.29, 0.717) is 5.41 Å². The molecular weight excluding hydrogens is 286 g/mol. The van der Waals surface area contributed by atoms with Crippen LogP contribution in [0.25, 0.3) is 0 Å². The minimum Gasteiger partial charge on any atom is -0.300 e. The summed E-state index contributed by atoms with van der Waals surface area (Å²) in [7, 11) is 0. The summed E-state index contributed by atoms with van der Waals surface area (Å²) in [6, 6.07) is 5.55. The molecule has 4 unspecified atom stereocenters. The van der Waals surface area contributed by atoms with E-state index in [1.807, 2.05) is 11.3 Å². The molecule has 2 heteroatoms. The summed E-state index contributed by atoms with van der Waals surface area (Å²) in [6.45, 7) is 5.32. The van der Waals surface area contributed by atoms with Gasteiger partial charge in [-0.15, -0.1) is 11.3 Å². The molecule has 1 aromatic heterocycles. The Morgan fingerprint density at radius 3 is 2.50 bits per heavy atom. The number of thiophene rings is 1. The molecule has 4 bridgehead atoms. The highest BCUT2D eigenvalue weighted by molar-refractivity contribution is 7.10. The molecule has 0 aromatic carbocycles. The van der Waals surface area contributed by atoms with Crippen molar-refractivity contribution >= 4 is 11.3 Å². The molecule has 4 saturated carbocycles. The lowest BCUT2D eigenvalue weighted by Crippen LogP contribution is -2.59. The van der Waals surface area contributed by atoms with E-state index < -0.39 is 0 Å². The van der Waals surface area contributed by atoms with Crippen LogP contribution in [0.5, 0.6) is 0 Å². The zero-order valence-electron chi connectivity index (χ0n) is 13.8. The summed E-state index contributed by atoms with van der Waals surface area (Å²) in [6.07, 6.45) is 10.5. The van der Waals surface area contributed by atoms with Gasteiger partial charge in [-0.3, -0.25) is 0 Å². The summed E-state index contributed by atoms with van der Waals surface area (Å²) in [4.78, 5) is 4.57. The van der Waals surface area contributed by atoms with Gasteiger partial charge in [0.05, 0.1) is 0 Å². The standard InChI is InChI=1S/C20H29NS/c1-14(21-6-2-3-7-21)20-12-15-9-16(13-20)11-17(10-15)19(20)18-5-4-8-22-18/h4-5,8,14-17,19H,2-3,6-7,9-13H2,1H3. The first-order chi connectivity index (χ1) is 10.8. The van der Waals surface area contributed by atoms with Crippen LogP contribution in [0.2, 0.25) is 0 Å².